The molecule has 4 nitrogen and oxygen atoms in total. The Labute approximate surface area is 121 Å². The number of hydrogen-bond donors (Lipinski definition) is 2. The maximum absolute atomic E-state index is 12.9. The van der Waals surface area contributed by atoms with Crippen LogP contribution in [0.5, 0.6) is 0 Å². The maximum atomic E-state index is 12.9. The van der Waals surface area contributed by atoms with Crippen LogP contribution in [-0.2, 0) is 6.18 Å². The van der Waals surface area contributed by atoms with E-state index in [0.717, 1.165) is 6.07 Å². The monoisotopic (exact) mass is 322 g/mol. The van der Waals surface area contributed by atoms with E-state index in [4.69, 9.17) is 28.9 Å². The van der Waals surface area contributed by atoms with Crippen LogP contribution in [0.3, 0.4) is 0 Å². The molecule has 0 saturated carbocycles. The molecule has 3 N–H and O–H groups in total. The summed E-state index contributed by atoms with van der Waals surface area (Å²) in [7, 11) is 0. The van der Waals surface area contributed by atoms with E-state index in [1.54, 1.807) is 0 Å². The van der Waals surface area contributed by atoms with Gasteiger partial charge in [0.2, 0.25) is 5.95 Å². The second-order valence-electron chi connectivity index (χ2n) is 3.75. The molecule has 0 atom stereocenters. The molecule has 0 unspecified atom stereocenters. The number of halogens is 5. The van der Waals surface area contributed by atoms with Gasteiger partial charge in [0.1, 0.15) is 11.0 Å². The second kappa shape index (κ2) is 5.34. The smallest absolute Gasteiger partial charge is 0.368 e. The van der Waals surface area contributed by atoms with Gasteiger partial charge in [0.15, 0.2) is 0 Å². The minimum absolute atomic E-state index is 0.0162. The van der Waals surface area contributed by atoms with Gasteiger partial charge in [-0.1, -0.05) is 23.2 Å². The highest BCUT2D eigenvalue weighted by atomic mass is 35.5. The Hall–Kier alpha value is -1.73. The summed E-state index contributed by atoms with van der Waals surface area (Å²) in [5.74, 6) is -0.0992. The molecule has 0 radical (unpaired) electrons. The molecule has 9 heteroatoms. The van der Waals surface area contributed by atoms with Crippen molar-refractivity contribution in [2.24, 2.45) is 0 Å². The second-order valence-corrected chi connectivity index (χ2v) is 4.57. The van der Waals surface area contributed by atoms with Gasteiger partial charge < -0.3 is 11.1 Å². The minimum atomic E-state index is -4.56. The van der Waals surface area contributed by atoms with E-state index in [1.165, 1.54) is 18.2 Å². The Morgan fingerprint density at radius 2 is 1.80 bits per heavy atom. The van der Waals surface area contributed by atoms with Crippen LogP contribution in [0.15, 0.2) is 24.3 Å². The lowest BCUT2D eigenvalue weighted by atomic mass is 10.1. The highest BCUT2D eigenvalue weighted by molar-refractivity contribution is 6.30. The Morgan fingerprint density at radius 1 is 1.10 bits per heavy atom. The van der Waals surface area contributed by atoms with Crippen molar-refractivity contribution < 1.29 is 13.2 Å². The van der Waals surface area contributed by atoms with Crippen LogP contribution in [0.25, 0.3) is 0 Å². The molecule has 2 rings (SSSR count). The maximum Gasteiger partial charge on any atom is 0.418 e. The third-order valence-electron chi connectivity index (χ3n) is 2.26. The molecule has 20 heavy (non-hydrogen) atoms. The first-order valence-corrected chi connectivity index (χ1v) is 5.95. The molecule has 0 bridgehead atoms. The number of benzene rings is 1. The van der Waals surface area contributed by atoms with Crippen LogP contribution in [0.1, 0.15) is 5.56 Å². The summed E-state index contributed by atoms with van der Waals surface area (Å²) in [6.07, 6.45) is -4.56. The van der Waals surface area contributed by atoms with Gasteiger partial charge >= 0.3 is 6.18 Å². The molecular formula is C11H7Cl2F3N4. The number of rotatable bonds is 2. The van der Waals surface area contributed by atoms with E-state index in [0.29, 0.717) is 0 Å². The topological polar surface area (TPSA) is 63.8 Å². The highest BCUT2D eigenvalue weighted by Crippen LogP contribution is 2.37. The first-order chi connectivity index (χ1) is 9.25. The Balaban J connectivity index is 2.43. The number of nitrogens with one attached hydrogen (secondary N) is 1. The third-order valence-corrected chi connectivity index (χ3v) is 2.69. The lowest BCUT2D eigenvalue weighted by molar-refractivity contribution is -0.136. The van der Waals surface area contributed by atoms with Gasteiger partial charge in [0, 0.05) is 11.1 Å². The molecule has 1 aromatic carbocycles. The molecule has 106 valence electrons. The lowest BCUT2D eigenvalue weighted by Gasteiger charge is -2.14. The Kier molecular flexibility index (Phi) is 3.92. The summed E-state index contributed by atoms with van der Waals surface area (Å²) in [5.41, 5.74) is 4.24. The van der Waals surface area contributed by atoms with E-state index in [1.807, 2.05) is 0 Å². The quantitative estimate of drug-likeness (QED) is 0.816. The van der Waals surface area contributed by atoms with Crippen molar-refractivity contribution >= 4 is 40.7 Å². The summed E-state index contributed by atoms with van der Waals surface area (Å²) in [4.78, 5) is 7.36. The van der Waals surface area contributed by atoms with Crippen molar-refractivity contribution in [3.05, 3.63) is 40.0 Å². The summed E-state index contributed by atoms with van der Waals surface area (Å²) in [6, 6.07) is 4.59. The van der Waals surface area contributed by atoms with E-state index < -0.39 is 11.7 Å². The van der Waals surface area contributed by atoms with Gasteiger partial charge in [0.25, 0.3) is 0 Å². The molecule has 0 amide bonds. The van der Waals surface area contributed by atoms with E-state index in [9.17, 15) is 13.2 Å². The van der Waals surface area contributed by atoms with Gasteiger partial charge in [-0.25, -0.2) is 4.98 Å². The van der Waals surface area contributed by atoms with Crippen molar-refractivity contribution in [2.75, 3.05) is 11.1 Å². The average Bonchev–Trinajstić information content (AvgIpc) is 2.28. The molecule has 0 saturated heterocycles. The molecule has 0 fully saturated rings. The van der Waals surface area contributed by atoms with Crippen molar-refractivity contribution in [2.45, 2.75) is 6.18 Å². The number of nitrogens with two attached hydrogens (primary N) is 1. The number of nitrogens with zero attached hydrogens (tertiary/aromatic N) is 2. The molecule has 0 aliphatic carbocycles. The van der Waals surface area contributed by atoms with Crippen molar-refractivity contribution in [1.29, 1.82) is 0 Å². The van der Waals surface area contributed by atoms with Gasteiger partial charge in [-0.15, -0.1) is 0 Å². The fourth-order valence-electron chi connectivity index (χ4n) is 1.50. The fourth-order valence-corrected chi connectivity index (χ4v) is 1.86. The zero-order valence-electron chi connectivity index (χ0n) is 9.67. The zero-order valence-corrected chi connectivity index (χ0v) is 11.2. The first-order valence-electron chi connectivity index (χ1n) is 5.19. The number of alkyl halides is 3. The van der Waals surface area contributed by atoms with Crippen LogP contribution in [0, 0.1) is 0 Å². The largest absolute Gasteiger partial charge is 0.418 e. The summed E-state index contributed by atoms with van der Waals surface area (Å²) < 4.78 is 38.7. The van der Waals surface area contributed by atoms with E-state index in [2.05, 4.69) is 15.3 Å². The lowest BCUT2D eigenvalue weighted by Crippen LogP contribution is -2.09. The van der Waals surface area contributed by atoms with Crippen LogP contribution < -0.4 is 11.1 Å². The average molecular weight is 323 g/mol. The molecule has 0 aliphatic rings. The first kappa shape index (κ1) is 14.7. The van der Waals surface area contributed by atoms with Gasteiger partial charge in [-0.3, -0.25) is 0 Å². The predicted octanol–water partition coefficient (Wildman–Crippen LogP) is 4.13. The Bertz CT molecular complexity index is 626. The number of hydrogen-bond acceptors (Lipinski definition) is 4. The normalized spacial score (nSPS) is 11.4. The SMILES string of the molecule is Nc1nc(Cl)cc(Nc2ccc(Cl)cc2C(F)(F)F)n1. The molecule has 0 aliphatic heterocycles. The number of aromatic nitrogens is 2. The minimum Gasteiger partial charge on any atom is -0.368 e. The molecule has 2 aromatic rings. The zero-order chi connectivity index (χ0) is 14.9. The van der Waals surface area contributed by atoms with Crippen LogP contribution in [0.4, 0.5) is 30.6 Å². The van der Waals surface area contributed by atoms with E-state index >= 15 is 0 Å². The van der Waals surface area contributed by atoms with Crippen LogP contribution in [-0.4, -0.2) is 9.97 Å². The van der Waals surface area contributed by atoms with Gasteiger partial charge in [0.05, 0.1) is 11.3 Å². The number of nitrogen functional groups attached to an aromatic ring is 1. The summed E-state index contributed by atoms with van der Waals surface area (Å²) in [6.45, 7) is 0. The highest BCUT2D eigenvalue weighted by Gasteiger charge is 2.34. The van der Waals surface area contributed by atoms with Crippen molar-refractivity contribution in [3.63, 3.8) is 0 Å². The summed E-state index contributed by atoms with van der Waals surface area (Å²) >= 11 is 11.2. The molecule has 0 spiro atoms. The van der Waals surface area contributed by atoms with Crippen molar-refractivity contribution in [1.82, 2.24) is 9.97 Å². The summed E-state index contributed by atoms with van der Waals surface area (Å²) in [5, 5.41) is 2.49. The standard InChI is InChI=1S/C11H7Cl2F3N4/c12-5-1-2-7(6(3-5)11(14,15)16)18-9-4-8(13)19-10(17)20-9/h1-4H,(H3,17,18,19,20). The van der Waals surface area contributed by atoms with Crippen LogP contribution in [0.2, 0.25) is 10.2 Å². The molecular weight excluding hydrogens is 316 g/mol. The van der Waals surface area contributed by atoms with Gasteiger partial charge in [-0.2, -0.15) is 18.2 Å². The molecule has 1 aromatic heterocycles. The Morgan fingerprint density at radius 3 is 2.40 bits per heavy atom. The third kappa shape index (κ3) is 3.43. The predicted molar refractivity (Wildman–Crippen MR) is 71.2 cm³/mol. The van der Waals surface area contributed by atoms with E-state index in [-0.39, 0.29) is 27.6 Å². The van der Waals surface area contributed by atoms with Crippen LogP contribution >= 0.6 is 23.2 Å². The molecule has 1 heterocycles. The fraction of sp³-hybridized carbons (Fsp3) is 0.0909. The van der Waals surface area contributed by atoms with Gasteiger partial charge in [-0.05, 0) is 18.2 Å². The number of anilines is 3. The van der Waals surface area contributed by atoms with Crippen molar-refractivity contribution in [3.8, 4) is 0 Å².